The third-order valence-corrected chi connectivity index (χ3v) is 0.401. The van der Waals surface area contributed by atoms with E-state index < -0.39 is 29.8 Å². The van der Waals surface area contributed by atoms with E-state index in [1.54, 1.807) is 0 Å². The predicted octanol–water partition coefficient (Wildman–Crippen LogP) is -5.04. The molecule has 0 radical (unpaired) electrons. The van der Waals surface area contributed by atoms with Crippen LogP contribution in [0.4, 0.5) is 0 Å². The molecule has 232 valence electrons. The molecule has 0 rings (SSSR count). The molecular weight excluding hydrogens is 540 g/mol. The van der Waals surface area contributed by atoms with E-state index >= 15 is 0 Å². The molecular formula is C13H40O24+4. The highest BCUT2D eigenvalue weighted by molar-refractivity contribution is 5.65. The molecule has 0 spiro atoms. The number of carbonyl (C=O) groups excluding carboxylic acids is 6. The van der Waals surface area contributed by atoms with Gasteiger partial charge < -0.3 is 47.0 Å². The van der Waals surface area contributed by atoms with E-state index in [1.807, 2.05) is 0 Å². The monoisotopic (exact) mass is 580 g/mol. The summed E-state index contributed by atoms with van der Waals surface area (Å²) in [5, 5.41) is 40.8. The lowest BCUT2D eigenvalue weighted by Crippen LogP contribution is -1.89. The van der Waals surface area contributed by atoms with E-state index in [9.17, 15) is 14.4 Å². The van der Waals surface area contributed by atoms with E-state index in [1.165, 1.54) is 13.8 Å². The molecule has 0 aromatic rings. The van der Waals surface area contributed by atoms with Gasteiger partial charge in [0.2, 0.25) is 0 Å². The number of carboxylic acids is 1. The summed E-state index contributed by atoms with van der Waals surface area (Å²) in [4.78, 5) is 98.8. The maximum absolute atomic E-state index is 9.40. The van der Waals surface area contributed by atoms with Gasteiger partial charge in [-0.05, 0) is 0 Å². The Morgan fingerprint density at radius 1 is 0.730 bits per heavy atom. The second-order valence-electron chi connectivity index (χ2n) is 2.93. The number of carbonyl (C=O) groups is 5. The van der Waals surface area contributed by atoms with Crippen molar-refractivity contribution in [2.45, 2.75) is 42.0 Å². The number of hydrogen-bond donors (Lipinski definition) is 4. The zero-order chi connectivity index (χ0) is 28.7. The van der Waals surface area contributed by atoms with Crippen LogP contribution in [0.15, 0.2) is 0 Å². The first-order valence-electron chi connectivity index (χ1n) is 6.38. The molecule has 0 atom stereocenters. The van der Waals surface area contributed by atoms with Crippen LogP contribution in [0.5, 0.6) is 0 Å². The van der Waals surface area contributed by atoms with Gasteiger partial charge in [0, 0.05) is 59.5 Å². The van der Waals surface area contributed by atoms with Crippen molar-refractivity contribution in [1.82, 2.24) is 0 Å². The average Bonchev–Trinajstić information content (AvgIpc) is 2.73. The quantitative estimate of drug-likeness (QED) is 0.118. The Hall–Kier alpha value is -4.39. The first-order valence-corrected chi connectivity index (χ1v) is 6.38. The molecule has 0 bridgehead atoms. The smallest absolute Gasteiger partial charge is 0.565 e. The van der Waals surface area contributed by atoms with Crippen molar-refractivity contribution in [3.63, 3.8) is 0 Å². The van der Waals surface area contributed by atoms with Crippen LogP contribution in [0.1, 0.15) is 42.0 Å². The minimum atomic E-state index is -0.833. The second kappa shape index (κ2) is 139. The summed E-state index contributed by atoms with van der Waals surface area (Å²) in [7, 11) is 1.00. The van der Waals surface area contributed by atoms with E-state index in [-0.39, 0.29) is 29.3 Å². The number of carboxylic acid groups (broad SMARTS) is 1. The lowest BCUT2D eigenvalue weighted by Gasteiger charge is -1.76. The summed E-state index contributed by atoms with van der Waals surface area (Å²) < 4.78 is 0. The van der Waals surface area contributed by atoms with Gasteiger partial charge in [-0.2, -0.15) is 15.4 Å². The second-order valence-corrected chi connectivity index (χ2v) is 2.93. The Bertz CT molecular complexity index is 389. The van der Waals surface area contributed by atoms with Crippen LogP contribution < -0.4 is 0 Å². The number of rotatable bonds is 0. The van der Waals surface area contributed by atoms with Crippen LogP contribution in [0.2, 0.25) is 0 Å². The molecule has 24 nitrogen and oxygen atoms in total. The average molecular weight is 580 g/mol. The maximum Gasteiger partial charge on any atom is 0.660 e. The van der Waals surface area contributed by atoms with Gasteiger partial charge in [-0.1, -0.05) is 7.43 Å². The van der Waals surface area contributed by atoms with Crippen molar-refractivity contribution in [2.24, 2.45) is 0 Å². The fourth-order valence-electron chi connectivity index (χ4n) is 0. The van der Waals surface area contributed by atoms with E-state index in [2.05, 4.69) is 14.7 Å². The largest absolute Gasteiger partial charge is 0.660 e. The molecule has 0 aromatic carbocycles. The van der Waals surface area contributed by atoms with E-state index in [4.69, 9.17) is 70.1 Å². The molecule has 0 amide bonds. The molecule has 24 heteroatoms. The Labute approximate surface area is 207 Å². The molecule has 0 aromatic heterocycles. The summed E-state index contributed by atoms with van der Waals surface area (Å²) in [6.45, 7) is 5.67. The van der Waals surface area contributed by atoms with Crippen molar-refractivity contribution in [3.05, 3.63) is 19.9 Å². The fraction of sp³-hybridized carbons (Fsp3) is 0.538. The normalized spacial score (nSPS) is 4.70. The SMILES string of the molecule is C.CC(=O)O.CC(=O)OO.CC(=O)OO.CC(=O)O[OH2+].CC(=O)[OH2+].CO.O.O.O.O=C=[OH+].O=O.O=O.[OH3+]. The van der Waals surface area contributed by atoms with Crippen molar-refractivity contribution in [3.8, 4) is 0 Å². The molecule has 18 N–H and O–H groups in total. The third kappa shape index (κ3) is 10700. The Morgan fingerprint density at radius 3 is 0.784 bits per heavy atom. The lowest BCUT2D eigenvalue weighted by atomic mass is 10.9. The fourth-order valence-corrected chi connectivity index (χ4v) is 0. The van der Waals surface area contributed by atoms with E-state index in [0.29, 0.717) is 6.15 Å². The number of hydrogen-bond acceptors (Lipinski definition) is 16. The molecule has 37 heavy (non-hydrogen) atoms. The molecule has 0 aliphatic carbocycles. The highest BCUT2D eigenvalue weighted by Crippen LogP contribution is 1.60. The summed E-state index contributed by atoms with van der Waals surface area (Å²) in [5.41, 5.74) is 0. The van der Waals surface area contributed by atoms with Crippen molar-refractivity contribution in [2.75, 3.05) is 7.11 Å². The Balaban J connectivity index is -0.0000000134. The van der Waals surface area contributed by atoms with Gasteiger partial charge in [0.15, 0.2) is 0 Å². The van der Waals surface area contributed by atoms with Gasteiger partial charge in [0.25, 0.3) is 5.97 Å². The highest BCUT2D eigenvalue weighted by Gasteiger charge is 1.84. The molecule has 0 aliphatic rings. The minimum absolute atomic E-state index is 0. The van der Waals surface area contributed by atoms with Crippen LogP contribution >= 0.6 is 0 Å². The van der Waals surface area contributed by atoms with E-state index in [0.717, 1.165) is 27.9 Å². The molecule has 0 saturated carbocycles. The molecule has 0 aliphatic heterocycles. The van der Waals surface area contributed by atoms with Crippen molar-refractivity contribution >= 4 is 36.0 Å². The molecule has 0 saturated heterocycles. The van der Waals surface area contributed by atoms with Crippen LogP contribution in [0.25, 0.3) is 0 Å². The first-order chi connectivity index (χ1) is 14.7. The Kier molecular flexibility index (Phi) is 353. The topological polar surface area (TPSA) is 474 Å². The molecule has 0 unspecified atom stereocenters. The van der Waals surface area contributed by atoms with Gasteiger partial charge in [0.05, 0.1) is 6.92 Å². The summed E-state index contributed by atoms with van der Waals surface area (Å²) in [6.07, 6.45) is 0.500. The van der Waals surface area contributed by atoms with Gasteiger partial charge in [-0.3, -0.25) is 9.59 Å². The summed E-state index contributed by atoms with van der Waals surface area (Å²) in [6, 6.07) is 0. The Morgan fingerprint density at radius 2 is 0.784 bits per heavy atom. The molecule has 0 fully saturated rings. The zero-order valence-corrected chi connectivity index (χ0v) is 19.6. The highest BCUT2D eigenvalue weighted by atomic mass is 17.1. The first kappa shape index (κ1) is 94.1. The zero-order valence-electron chi connectivity index (χ0n) is 19.6. The third-order valence-electron chi connectivity index (χ3n) is 0.401. The lowest BCUT2D eigenvalue weighted by molar-refractivity contribution is -0.231. The van der Waals surface area contributed by atoms with Crippen LogP contribution in [0, 0.1) is 19.9 Å². The maximum atomic E-state index is 9.40. The van der Waals surface area contributed by atoms with Crippen molar-refractivity contribution < 1.29 is 101 Å². The minimum Gasteiger partial charge on any atom is -0.565 e. The van der Waals surface area contributed by atoms with Crippen LogP contribution in [0.3, 0.4) is 0 Å². The number of aliphatic hydroxyl groups excluding tert-OH is 1. The standard InChI is InChI=1S/3C2H4O3.2C2H4O2.CO2.CH4O.CH4.2O2.4H2O/c3*1-2(3)5-4;2*1-2(3)4;2-1-3;1-2;;2*1-2;;;;/h3*4H,1H3;2*1H3,(H,3,4);;2H,1H3;1H4;;;4*1H2/p+4. The number of aliphatic carboxylic acids is 1. The molecule has 0 heterocycles. The van der Waals surface area contributed by atoms with Gasteiger partial charge in [-0.15, -0.1) is 0 Å². The van der Waals surface area contributed by atoms with Crippen LogP contribution in [-0.2, 0) is 48.9 Å². The van der Waals surface area contributed by atoms with Gasteiger partial charge >= 0.3 is 30.0 Å². The van der Waals surface area contributed by atoms with Gasteiger partial charge in [-0.25, -0.2) is 19.6 Å². The van der Waals surface area contributed by atoms with Crippen molar-refractivity contribution in [1.29, 1.82) is 0 Å². The van der Waals surface area contributed by atoms with Gasteiger partial charge in [0.1, 0.15) is 4.79 Å². The number of aliphatic hydroxyl groups is 1. The predicted molar refractivity (Wildman–Crippen MR) is 123 cm³/mol. The summed E-state index contributed by atoms with van der Waals surface area (Å²) in [5.74, 6) is -3.37. The van der Waals surface area contributed by atoms with Crippen LogP contribution in [-0.4, -0.2) is 95.4 Å². The summed E-state index contributed by atoms with van der Waals surface area (Å²) >= 11 is 0.